The molecule has 1 aliphatic rings. The number of hydrogen-bond acceptors (Lipinski definition) is 6. The van der Waals surface area contributed by atoms with Gasteiger partial charge in [0, 0.05) is 32.4 Å². The minimum absolute atomic E-state index is 0.246. The van der Waals surface area contributed by atoms with Crippen LogP contribution in [0.1, 0.15) is 23.2 Å². The zero-order valence-corrected chi connectivity index (χ0v) is 14.4. The normalized spacial score (nSPS) is 15.0. The average Bonchev–Trinajstić information content (AvgIpc) is 2.67. The zero-order valence-electron chi connectivity index (χ0n) is 14.4. The molecule has 25 heavy (non-hydrogen) atoms. The van der Waals surface area contributed by atoms with Crippen LogP contribution in [0, 0.1) is 0 Å². The molecule has 132 valence electrons. The Morgan fingerprint density at radius 2 is 1.76 bits per heavy atom. The summed E-state index contributed by atoms with van der Waals surface area (Å²) in [5.41, 5.74) is 0.143. The molecular formula is C17H22N6O2. The van der Waals surface area contributed by atoms with E-state index in [1.165, 1.54) is 23.2 Å². The fourth-order valence-electron chi connectivity index (χ4n) is 2.91. The van der Waals surface area contributed by atoms with Gasteiger partial charge in [-0.25, -0.2) is 0 Å². The predicted octanol–water partition coefficient (Wildman–Crippen LogP) is 0.630. The molecule has 1 amide bonds. The van der Waals surface area contributed by atoms with E-state index >= 15 is 0 Å². The number of hydrogen-bond donors (Lipinski definition) is 2. The van der Waals surface area contributed by atoms with E-state index in [0.29, 0.717) is 17.4 Å². The number of amides is 1. The third-order valence-electron chi connectivity index (χ3n) is 4.53. The van der Waals surface area contributed by atoms with Crippen LogP contribution in [0.4, 0.5) is 11.6 Å². The van der Waals surface area contributed by atoms with Crippen LogP contribution in [0.15, 0.2) is 35.3 Å². The highest BCUT2D eigenvalue weighted by Crippen LogP contribution is 2.19. The largest absolute Gasteiger partial charge is 0.355 e. The number of carbonyl (C=O) groups is 1. The molecule has 8 heteroatoms. The van der Waals surface area contributed by atoms with Gasteiger partial charge in [-0.1, -0.05) is 0 Å². The first kappa shape index (κ1) is 17.1. The van der Waals surface area contributed by atoms with Crippen molar-refractivity contribution in [1.29, 1.82) is 0 Å². The van der Waals surface area contributed by atoms with Crippen LogP contribution >= 0.6 is 0 Å². The lowest BCUT2D eigenvalue weighted by Crippen LogP contribution is -2.41. The molecule has 3 rings (SSSR count). The average molecular weight is 342 g/mol. The van der Waals surface area contributed by atoms with Crippen molar-refractivity contribution in [2.24, 2.45) is 0 Å². The summed E-state index contributed by atoms with van der Waals surface area (Å²) in [7, 11) is 3.66. The first-order valence-electron chi connectivity index (χ1n) is 8.30. The monoisotopic (exact) mass is 342 g/mol. The van der Waals surface area contributed by atoms with E-state index in [2.05, 4.69) is 25.4 Å². The van der Waals surface area contributed by atoms with Gasteiger partial charge < -0.3 is 15.2 Å². The fraction of sp³-hybridized carbons (Fsp3) is 0.412. The van der Waals surface area contributed by atoms with Crippen molar-refractivity contribution in [3.05, 3.63) is 46.4 Å². The molecule has 0 aliphatic carbocycles. The van der Waals surface area contributed by atoms with Crippen LogP contribution in [-0.4, -0.2) is 54.3 Å². The Hall–Kier alpha value is -2.74. The van der Waals surface area contributed by atoms with Gasteiger partial charge in [0.2, 0.25) is 5.56 Å². The van der Waals surface area contributed by atoms with Crippen LogP contribution in [-0.2, 0) is 0 Å². The number of carbonyl (C=O) groups excluding carboxylic acids is 1. The van der Waals surface area contributed by atoms with Gasteiger partial charge in [0.15, 0.2) is 11.6 Å². The van der Waals surface area contributed by atoms with Crippen molar-refractivity contribution in [3.8, 4) is 0 Å². The maximum atomic E-state index is 12.4. The van der Waals surface area contributed by atoms with E-state index < -0.39 is 0 Å². The number of aromatic amines is 1. The van der Waals surface area contributed by atoms with Gasteiger partial charge in [0.25, 0.3) is 5.91 Å². The Morgan fingerprint density at radius 1 is 1.08 bits per heavy atom. The van der Waals surface area contributed by atoms with Gasteiger partial charge in [-0.05, 0) is 44.1 Å². The second kappa shape index (κ2) is 7.43. The Kier molecular flexibility index (Phi) is 5.08. The number of anilines is 2. The third kappa shape index (κ3) is 3.85. The smallest absolute Gasteiger partial charge is 0.260 e. The van der Waals surface area contributed by atoms with Gasteiger partial charge in [-0.2, -0.15) is 0 Å². The van der Waals surface area contributed by atoms with E-state index in [9.17, 15) is 9.59 Å². The number of nitrogens with zero attached hydrogens (tertiary/aromatic N) is 4. The minimum atomic E-state index is -0.259. The fourth-order valence-corrected chi connectivity index (χ4v) is 2.91. The summed E-state index contributed by atoms with van der Waals surface area (Å²) >= 11 is 0. The lowest BCUT2D eigenvalue weighted by Gasteiger charge is -2.32. The summed E-state index contributed by atoms with van der Waals surface area (Å²) in [4.78, 5) is 29.6. The minimum Gasteiger partial charge on any atom is -0.355 e. The zero-order chi connectivity index (χ0) is 17.8. The second-order valence-corrected chi connectivity index (χ2v) is 6.15. The summed E-state index contributed by atoms with van der Waals surface area (Å²) < 4.78 is 0. The Labute approximate surface area is 145 Å². The van der Waals surface area contributed by atoms with Crippen LogP contribution < -0.4 is 20.7 Å². The van der Waals surface area contributed by atoms with Crippen molar-refractivity contribution >= 4 is 17.5 Å². The van der Waals surface area contributed by atoms with Crippen molar-refractivity contribution in [2.45, 2.75) is 18.9 Å². The van der Waals surface area contributed by atoms with Crippen molar-refractivity contribution in [2.75, 3.05) is 37.0 Å². The van der Waals surface area contributed by atoms with Gasteiger partial charge >= 0.3 is 0 Å². The summed E-state index contributed by atoms with van der Waals surface area (Å²) in [6, 6.07) is 6.92. The van der Waals surface area contributed by atoms with Crippen molar-refractivity contribution < 1.29 is 4.79 Å². The Morgan fingerprint density at radius 3 is 2.36 bits per heavy atom. The molecule has 1 aliphatic heterocycles. The Bertz CT molecular complexity index is 762. The standard InChI is InChI=1S/C17H22N6O2/c1-22(13-7-9-18-10-8-13)14-4-5-15(21-20-14)23(2)17(25)12-3-6-16(24)19-11-12/h3-6,11,13,18H,7-10H2,1-2H3,(H,19,24). The molecule has 1 saturated heterocycles. The highest BCUT2D eigenvalue weighted by Gasteiger charge is 2.20. The van der Waals surface area contributed by atoms with Crippen molar-refractivity contribution in [1.82, 2.24) is 20.5 Å². The van der Waals surface area contributed by atoms with Crippen molar-refractivity contribution in [3.63, 3.8) is 0 Å². The molecule has 1 fully saturated rings. The van der Waals surface area contributed by atoms with Crippen LogP contribution in [0.2, 0.25) is 0 Å². The second-order valence-electron chi connectivity index (χ2n) is 6.15. The summed E-state index contributed by atoms with van der Waals surface area (Å²) in [6.45, 7) is 2.02. The van der Waals surface area contributed by atoms with E-state index in [1.54, 1.807) is 13.1 Å². The number of piperidine rings is 1. The van der Waals surface area contributed by atoms with E-state index in [-0.39, 0.29) is 11.5 Å². The molecule has 0 unspecified atom stereocenters. The maximum Gasteiger partial charge on any atom is 0.260 e. The topological polar surface area (TPSA) is 94.2 Å². The van der Waals surface area contributed by atoms with Crippen LogP contribution in [0.25, 0.3) is 0 Å². The van der Waals surface area contributed by atoms with E-state index in [1.807, 2.05) is 13.1 Å². The predicted molar refractivity (Wildman–Crippen MR) is 96.1 cm³/mol. The molecule has 0 atom stereocenters. The first-order chi connectivity index (χ1) is 12.1. The van der Waals surface area contributed by atoms with E-state index in [0.717, 1.165) is 31.7 Å². The molecular weight excluding hydrogens is 320 g/mol. The molecule has 2 aromatic heterocycles. The van der Waals surface area contributed by atoms with Crippen LogP contribution in [0.3, 0.4) is 0 Å². The highest BCUT2D eigenvalue weighted by atomic mass is 16.2. The molecule has 0 aromatic carbocycles. The number of rotatable bonds is 4. The lowest BCUT2D eigenvalue weighted by molar-refractivity contribution is 0.0991. The lowest BCUT2D eigenvalue weighted by atomic mass is 10.1. The molecule has 8 nitrogen and oxygen atoms in total. The number of H-pyrrole nitrogens is 1. The van der Waals surface area contributed by atoms with Crippen LogP contribution in [0.5, 0.6) is 0 Å². The van der Waals surface area contributed by atoms with Gasteiger partial charge in [-0.3, -0.25) is 14.5 Å². The first-order valence-corrected chi connectivity index (χ1v) is 8.30. The third-order valence-corrected chi connectivity index (χ3v) is 4.53. The molecule has 2 aromatic rings. The molecule has 0 spiro atoms. The van der Waals surface area contributed by atoms with Gasteiger partial charge in [0.1, 0.15) is 0 Å². The summed E-state index contributed by atoms with van der Waals surface area (Å²) in [6.07, 6.45) is 3.54. The Balaban J connectivity index is 1.71. The molecule has 2 N–H and O–H groups in total. The molecule has 0 radical (unpaired) electrons. The highest BCUT2D eigenvalue weighted by molar-refractivity contribution is 6.04. The number of aromatic nitrogens is 3. The summed E-state index contributed by atoms with van der Waals surface area (Å²) in [5.74, 6) is 0.990. The SMILES string of the molecule is CN(C(=O)c1ccc(=O)[nH]c1)c1ccc(N(C)C2CCNCC2)nn1. The quantitative estimate of drug-likeness (QED) is 0.846. The number of nitrogens with one attached hydrogen (secondary N) is 2. The van der Waals surface area contributed by atoms with Gasteiger partial charge in [0.05, 0.1) is 5.56 Å². The number of pyridine rings is 1. The summed E-state index contributed by atoms with van der Waals surface area (Å²) in [5, 5.41) is 11.8. The molecule has 3 heterocycles. The molecule has 0 saturated carbocycles. The van der Waals surface area contributed by atoms with Gasteiger partial charge in [-0.15, -0.1) is 10.2 Å². The maximum absolute atomic E-state index is 12.4. The molecule has 0 bridgehead atoms. The van der Waals surface area contributed by atoms with E-state index in [4.69, 9.17) is 0 Å².